The van der Waals surface area contributed by atoms with E-state index in [0.717, 1.165) is 60.3 Å². The zero-order chi connectivity index (χ0) is 64.4. The summed E-state index contributed by atoms with van der Waals surface area (Å²) in [4.78, 5) is 42.5. The molecule has 0 spiro atoms. The molecule has 4 rings (SSSR count). The van der Waals surface area contributed by atoms with E-state index in [1.807, 2.05) is 84.9 Å². The van der Waals surface area contributed by atoms with Crippen molar-refractivity contribution in [1.29, 1.82) is 0 Å². The van der Waals surface area contributed by atoms with Crippen LogP contribution in [-0.4, -0.2) is 101 Å². The predicted octanol–water partition coefficient (Wildman–Crippen LogP) is 18.3. The predicted molar refractivity (Wildman–Crippen MR) is 365 cm³/mol. The fraction of sp³-hybridized carbons (Fsp3) is 0.689. The quantitative estimate of drug-likeness (QED) is 0.0238. The number of methoxy groups -OCH3 is 2. The lowest BCUT2D eigenvalue weighted by Crippen LogP contribution is -2.59. The summed E-state index contributed by atoms with van der Waals surface area (Å²) in [6, 6.07) is 24.2. The number of unbranched alkanes of at least 4 members (excludes halogenated alkanes) is 25. The molecule has 1 saturated heterocycles. The second kappa shape index (κ2) is 45.9. The molecule has 15 heteroatoms. The van der Waals surface area contributed by atoms with Gasteiger partial charge >= 0.3 is 11.9 Å². The molecule has 0 aliphatic carbocycles. The maximum Gasteiger partial charge on any atom is 0.307 e. The Hall–Kier alpha value is -4.22. The summed E-state index contributed by atoms with van der Waals surface area (Å²) in [7, 11) is 0.924. The topological polar surface area (TPSA) is 157 Å². The second-order valence-electron chi connectivity index (χ2n) is 26.0. The van der Waals surface area contributed by atoms with E-state index in [-0.39, 0.29) is 50.2 Å². The summed E-state index contributed by atoms with van der Waals surface area (Å²) >= 11 is 1.43. The lowest BCUT2D eigenvalue weighted by molar-refractivity contribution is -0.239. The number of thioether (sulfide) groups is 1. The van der Waals surface area contributed by atoms with Crippen molar-refractivity contribution in [3.8, 4) is 11.5 Å². The Bertz CT molecular complexity index is 2330. The van der Waals surface area contributed by atoms with Gasteiger partial charge in [-0.15, -0.1) is 0 Å². The Morgan fingerprint density at radius 1 is 0.607 bits per heavy atom. The van der Waals surface area contributed by atoms with E-state index in [9.17, 15) is 19.5 Å². The van der Waals surface area contributed by atoms with Crippen molar-refractivity contribution in [1.82, 2.24) is 5.32 Å². The summed E-state index contributed by atoms with van der Waals surface area (Å²) in [6.07, 6.45) is 32.3. The molecule has 2 N–H and O–H groups in total. The van der Waals surface area contributed by atoms with Gasteiger partial charge in [-0.3, -0.25) is 14.4 Å². The molecule has 1 amide bonds. The van der Waals surface area contributed by atoms with Gasteiger partial charge in [0.15, 0.2) is 8.32 Å². The number of aliphatic hydroxyl groups excluding tert-OH is 1. The molecular weight excluding hydrogens is 1150 g/mol. The van der Waals surface area contributed by atoms with Crippen LogP contribution in [-0.2, 0) is 55.7 Å². The minimum Gasteiger partial charge on any atom is -0.497 e. The summed E-state index contributed by atoms with van der Waals surface area (Å²) in [6.45, 7) is 15.7. The number of nitrogens with one attached hydrogen (secondary N) is 1. The van der Waals surface area contributed by atoms with Crippen molar-refractivity contribution in [2.45, 2.75) is 305 Å². The smallest absolute Gasteiger partial charge is 0.307 e. The Labute approximate surface area is 544 Å². The van der Waals surface area contributed by atoms with Crippen molar-refractivity contribution in [2.75, 3.05) is 27.4 Å². The number of ether oxygens (including phenoxy) is 7. The van der Waals surface area contributed by atoms with E-state index < -0.39 is 62.3 Å². The molecule has 0 radical (unpaired) electrons. The molecular formula is C74H119NO12SSi. The average molecular weight is 1270 g/mol. The highest BCUT2D eigenvalue weighted by atomic mass is 32.2. The number of aliphatic hydroxyl groups is 1. The lowest BCUT2D eigenvalue weighted by Gasteiger charge is -2.44. The van der Waals surface area contributed by atoms with Gasteiger partial charge in [0.25, 0.3) is 0 Å². The van der Waals surface area contributed by atoms with Crippen molar-refractivity contribution in [2.24, 2.45) is 0 Å². The summed E-state index contributed by atoms with van der Waals surface area (Å²) in [5.41, 5.74) is 1.05. The molecule has 1 fully saturated rings. The van der Waals surface area contributed by atoms with Crippen LogP contribution in [0.5, 0.6) is 11.5 Å². The summed E-state index contributed by atoms with van der Waals surface area (Å²) < 4.78 is 49.5. The molecule has 89 heavy (non-hydrogen) atoms. The van der Waals surface area contributed by atoms with Crippen LogP contribution in [0.3, 0.4) is 0 Å². The number of hydrogen-bond donors (Lipinski definition) is 2. The first-order chi connectivity index (χ1) is 43.1. The minimum absolute atomic E-state index is 0.0908. The van der Waals surface area contributed by atoms with Gasteiger partial charge in [0.05, 0.1) is 52.9 Å². The molecule has 0 saturated carbocycles. The van der Waals surface area contributed by atoms with Crippen LogP contribution in [0.4, 0.5) is 0 Å². The minimum atomic E-state index is -2.31. The number of esters is 2. The molecule has 3 aromatic carbocycles. The maximum absolute atomic E-state index is 14.0. The Kier molecular flexibility index (Phi) is 39.9. The van der Waals surface area contributed by atoms with Crippen LogP contribution in [0.2, 0.25) is 18.1 Å². The van der Waals surface area contributed by atoms with Gasteiger partial charge in [-0.2, -0.15) is 0 Å². The number of benzene rings is 3. The average Bonchev–Trinajstić information content (AvgIpc) is 0.977. The number of hydrogen-bond acceptors (Lipinski definition) is 13. The summed E-state index contributed by atoms with van der Waals surface area (Å²) in [5, 5.41) is 15.3. The molecule has 1 aliphatic heterocycles. The molecule has 502 valence electrons. The van der Waals surface area contributed by atoms with Crippen molar-refractivity contribution >= 4 is 37.9 Å². The molecule has 1 aliphatic rings. The van der Waals surface area contributed by atoms with E-state index in [4.69, 9.17) is 37.6 Å². The zero-order valence-corrected chi connectivity index (χ0v) is 58.4. The normalized spacial score (nSPS) is 17.8. The van der Waals surface area contributed by atoms with Gasteiger partial charge < -0.3 is 48.0 Å². The molecule has 7 atom stereocenters. The van der Waals surface area contributed by atoms with Crippen LogP contribution in [0, 0.1) is 0 Å². The number of rotatable bonds is 50. The van der Waals surface area contributed by atoms with Crippen molar-refractivity contribution in [3.05, 3.63) is 102 Å². The second-order valence-corrected chi connectivity index (χ2v) is 32.0. The van der Waals surface area contributed by atoms with Crippen LogP contribution >= 0.6 is 11.8 Å². The maximum atomic E-state index is 14.0. The molecule has 1 heterocycles. The standard InChI is InChI=1S/C74H119NO12SSi/c1-10-12-14-16-18-20-22-24-25-27-29-31-33-35-40-44-67(76)75-64(57-85-89(8,9)74(3,4)5)65(43-39-34-32-30-28-26-23-21-19-17-15-13-11-2)86-69(78)54-53-68(77)82-58-66-70(79)71(83-55-59-45-49-61(80-6)50-46-59)72(73(87-66)88-63-41-37-36-38-42-63)84-56-60-47-51-62(81-7)52-48-60/h36-39,41-43,45-52,64-66,70-73,79H,10-35,40,44,53-58H2,1-9H3,(H,75,76)/b43-39+/t64-,65+,66+,70+,71-,72+,73-/m0/s1. The molecule has 0 unspecified atom stereocenters. The number of amides is 1. The van der Waals surface area contributed by atoms with Crippen LogP contribution in [0.15, 0.2) is 95.9 Å². The first-order valence-corrected chi connectivity index (χ1v) is 38.4. The third-order valence-electron chi connectivity index (χ3n) is 17.5. The molecule has 3 aromatic rings. The van der Waals surface area contributed by atoms with Gasteiger partial charge in [-0.05, 0) is 91.0 Å². The van der Waals surface area contributed by atoms with Crippen LogP contribution < -0.4 is 14.8 Å². The van der Waals surface area contributed by atoms with Gasteiger partial charge in [0.1, 0.15) is 54.1 Å². The van der Waals surface area contributed by atoms with Crippen LogP contribution in [0.1, 0.15) is 238 Å². The Morgan fingerprint density at radius 3 is 1.55 bits per heavy atom. The number of allylic oxidation sites excluding steroid dienone is 1. The Morgan fingerprint density at radius 2 is 1.07 bits per heavy atom. The summed E-state index contributed by atoms with van der Waals surface area (Å²) in [5.74, 6) is 0.0783. The van der Waals surface area contributed by atoms with E-state index in [0.29, 0.717) is 12.2 Å². The largest absolute Gasteiger partial charge is 0.497 e. The first-order valence-electron chi connectivity index (χ1n) is 34.6. The zero-order valence-electron chi connectivity index (χ0n) is 56.6. The first kappa shape index (κ1) is 77.2. The third-order valence-corrected chi connectivity index (χ3v) is 23.2. The fourth-order valence-electron chi connectivity index (χ4n) is 10.7. The van der Waals surface area contributed by atoms with Gasteiger partial charge in [0, 0.05) is 11.3 Å². The van der Waals surface area contributed by atoms with Gasteiger partial charge in [-0.25, -0.2) is 0 Å². The number of carbonyl (C=O) groups excluding carboxylic acids is 3. The van der Waals surface area contributed by atoms with Gasteiger partial charge in [-0.1, -0.05) is 249 Å². The van der Waals surface area contributed by atoms with E-state index in [1.165, 1.54) is 147 Å². The van der Waals surface area contributed by atoms with Crippen molar-refractivity contribution < 1.29 is 57.1 Å². The third kappa shape index (κ3) is 32.8. The van der Waals surface area contributed by atoms with Crippen LogP contribution in [0.25, 0.3) is 0 Å². The highest BCUT2D eigenvalue weighted by molar-refractivity contribution is 7.99. The van der Waals surface area contributed by atoms with E-state index in [2.05, 4.69) is 59.1 Å². The van der Waals surface area contributed by atoms with Crippen molar-refractivity contribution in [3.63, 3.8) is 0 Å². The number of carbonyl (C=O) groups is 3. The molecule has 0 aromatic heterocycles. The van der Waals surface area contributed by atoms with E-state index >= 15 is 0 Å². The Balaban J connectivity index is 1.43. The fourth-order valence-corrected chi connectivity index (χ4v) is 12.9. The highest BCUT2D eigenvalue weighted by Crippen LogP contribution is 2.39. The monoisotopic (exact) mass is 1270 g/mol. The molecule has 0 bridgehead atoms. The van der Waals surface area contributed by atoms with E-state index in [1.54, 1.807) is 14.2 Å². The lowest BCUT2D eigenvalue weighted by atomic mass is 9.99. The molecule has 13 nitrogen and oxygen atoms in total. The SMILES string of the molecule is CCCCCCCCCCCCC/C=C/[C@@H](OC(=O)CCC(=O)OC[C@H]1O[C@@H](Sc2ccccc2)[C@H](OCc2ccc(OC)cc2)[C@@H](OCc2ccc(OC)cc2)[C@@H]1O)[C@H](CO[Si](C)(C)C(C)(C)C)NC(=O)CCCCCCCCCCCCCCCCC. The highest BCUT2D eigenvalue weighted by Gasteiger charge is 2.48. The van der Waals surface area contributed by atoms with Gasteiger partial charge in [0.2, 0.25) is 5.91 Å².